The molecule has 0 aromatic heterocycles. The maximum absolute atomic E-state index is 12.8. The number of ether oxygens (including phenoxy) is 1. The van der Waals surface area contributed by atoms with Crippen molar-refractivity contribution in [3.05, 3.63) is 29.3 Å². The molecule has 0 unspecified atom stereocenters. The zero-order valence-electron chi connectivity index (χ0n) is 14.8. The summed E-state index contributed by atoms with van der Waals surface area (Å²) in [5.41, 5.74) is 3.21. The van der Waals surface area contributed by atoms with Crippen molar-refractivity contribution in [3.63, 3.8) is 0 Å². The monoisotopic (exact) mass is 319 g/mol. The van der Waals surface area contributed by atoms with Crippen molar-refractivity contribution < 1.29 is 9.53 Å². The highest BCUT2D eigenvalue weighted by molar-refractivity contribution is 5.90. The lowest BCUT2D eigenvalue weighted by Crippen LogP contribution is -2.48. The Hall–Kier alpha value is -1.59. The second kappa shape index (κ2) is 8.31. The van der Waals surface area contributed by atoms with Crippen molar-refractivity contribution in [2.24, 2.45) is 0 Å². The zero-order valence-corrected chi connectivity index (χ0v) is 14.8. The van der Waals surface area contributed by atoms with E-state index in [-0.39, 0.29) is 12.1 Å². The Morgan fingerprint density at radius 2 is 1.91 bits per heavy atom. The summed E-state index contributed by atoms with van der Waals surface area (Å²) < 4.78 is 5.44. The van der Waals surface area contributed by atoms with Crippen LogP contribution in [-0.4, -0.2) is 62.3 Å². The highest BCUT2D eigenvalue weighted by atomic mass is 16.5. The number of hydrogen-bond acceptors (Lipinski definition) is 3. The molecule has 0 aliphatic carbocycles. The number of hydrogen-bond donors (Lipinski definition) is 1. The minimum absolute atomic E-state index is 0.00699. The summed E-state index contributed by atoms with van der Waals surface area (Å²) in [5.74, 6) is 0. The lowest BCUT2D eigenvalue weighted by atomic mass is 10.1. The van der Waals surface area contributed by atoms with E-state index in [0.717, 1.165) is 50.4 Å². The molecule has 1 aliphatic heterocycles. The minimum atomic E-state index is -0.00699. The van der Waals surface area contributed by atoms with Gasteiger partial charge in [0.05, 0.1) is 0 Å². The van der Waals surface area contributed by atoms with Crippen LogP contribution >= 0.6 is 0 Å². The maximum Gasteiger partial charge on any atom is 0.322 e. The maximum atomic E-state index is 12.8. The molecule has 5 heteroatoms. The Morgan fingerprint density at radius 3 is 2.57 bits per heavy atom. The van der Waals surface area contributed by atoms with Crippen LogP contribution in [0, 0.1) is 13.8 Å². The molecule has 0 spiro atoms. The third kappa shape index (κ3) is 4.94. The van der Waals surface area contributed by atoms with Gasteiger partial charge in [0.2, 0.25) is 0 Å². The Morgan fingerprint density at radius 1 is 1.22 bits per heavy atom. The topological polar surface area (TPSA) is 44.8 Å². The van der Waals surface area contributed by atoms with Crippen LogP contribution < -0.4 is 5.32 Å². The average molecular weight is 319 g/mol. The van der Waals surface area contributed by atoms with E-state index in [4.69, 9.17) is 4.74 Å². The number of aryl methyl sites for hydroxylation is 1. The molecule has 0 radical (unpaired) electrons. The van der Waals surface area contributed by atoms with Crippen molar-refractivity contribution in [1.29, 1.82) is 0 Å². The molecule has 0 saturated carbocycles. The number of urea groups is 1. The first-order valence-corrected chi connectivity index (χ1v) is 8.35. The molecule has 1 aromatic carbocycles. The Balaban J connectivity index is 2.09. The van der Waals surface area contributed by atoms with Crippen molar-refractivity contribution in [1.82, 2.24) is 9.80 Å². The smallest absolute Gasteiger partial charge is 0.322 e. The summed E-state index contributed by atoms with van der Waals surface area (Å²) in [6, 6.07) is 6.26. The van der Waals surface area contributed by atoms with Crippen molar-refractivity contribution in [2.45, 2.75) is 32.7 Å². The SMILES string of the molecule is Cc1cccc(NC(=O)N(CCN(C)C)C2CCOCC2)c1C. The number of carbonyl (C=O) groups is 1. The number of nitrogens with zero attached hydrogens (tertiary/aromatic N) is 2. The van der Waals surface area contributed by atoms with E-state index in [1.54, 1.807) is 0 Å². The summed E-state index contributed by atoms with van der Waals surface area (Å²) in [5, 5.41) is 3.10. The van der Waals surface area contributed by atoms with Crippen LogP contribution in [0.25, 0.3) is 0 Å². The van der Waals surface area contributed by atoms with Gasteiger partial charge in [-0.25, -0.2) is 4.79 Å². The first kappa shape index (κ1) is 17.8. The Labute approximate surface area is 139 Å². The Bertz CT molecular complexity index is 525. The van der Waals surface area contributed by atoms with Gasteiger partial charge >= 0.3 is 6.03 Å². The van der Waals surface area contributed by atoms with Gasteiger partial charge < -0.3 is 19.9 Å². The van der Waals surface area contributed by atoms with Gasteiger partial charge in [0.25, 0.3) is 0 Å². The summed E-state index contributed by atoms with van der Waals surface area (Å²) in [4.78, 5) is 16.9. The number of nitrogens with one attached hydrogen (secondary N) is 1. The van der Waals surface area contributed by atoms with Crippen LogP contribution in [0.1, 0.15) is 24.0 Å². The molecule has 0 atom stereocenters. The van der Waals surface area contributed by atoms with Gasteiger partial charge in [-0.15, -0.1) is 0 Å². The quantitative estimate of drug-likeness (QED) is 0.907. The van der Waals surface area contributed by atoms with Crippen LogP contribution in [0.2, 0.25) is 0 Å². The molecular weight excluding hydrogens is 290 g/mol. The molecule has 1 fully saturated rings. The lowest BCUT2D eigenvalue weighted by molar-refractivity contribution is 0.0466. The van der Waals surface area contributed by atoms with Crippen LogP contribution in [0.5, 0.6) is 0 Å². The van der Waals surface area contributed by atoms with Crippen LogP contribution in [-0.2, 0) is 4.74 Å². The summed E-state index contributed by atoms with van der Waals surface area (Å²) in [6.07, 6.45) is 1.82. The molecule has 1 aliphatic rings. The van der Waals surface area contributed by atoms with Gasteiger partial charge in [0.15, 0.2) is 0 Å². The van der Waals surface area contributed by atoms with Crippen molar-refractivity contribution in [2.75, 3.05) is 45.7 Å². The summed E-state index contributed by atoms with van der Waals surface area (Å²) in [7, 11) is 4.07. The standard InChI is InChI=1S/C18H29N3O2/c1-14-6-5-7-17(15(14)2)19-18(22)21(11-10-20(3)4)16-8-12-23-13-9-16/h5-7,16H,8-13H2,1-4H3,(H,19,22). The second-order valence-electron chi connectivity index (χ2n) is 6.52. The largest absolute Gasteiger partial charge is 0.381 e. The molecule has 1 N–H and O–H groups in total. The number of anilines is 1. The van der Waals surface area contributed by atoms with Crippen LogP contribution in [0.15, 0.2) is 18.2 Å². The molecule has 128 valence electrons. The van der Waals surface area contributed by atoms with E-state index < -0.39 is 0 Å². The van der Waals surface area contributed by atoms with Crippen molar-refractivity contribution in [3.8, 4) is 0 Å². The van der Waals surface area contributed by atoms with Gasteiger partial charge in [-0.2, -0.15) is 0 Å². The molecular formula is C18H29N3O2. The summed E-state index contributed by atoms with van der Waals surface area (Å²) in [6.45, 7) is 7.17. The van der Waals surface area contributed by atoms with Crippen LogP contribution in [0.4, 0.5) is 10.5 Å². The fourth-order valence-corrected chi connectivity index (χ4v) is 2.83. The predicted molar refractivity (Wildman–Crippen MR) is 94.0 cm³/mol. The van der Waals surface area contributed by atoms with E-state index >= 15 is 0 Å². The molecule has 2 amide bonds. The molecule has 23 heavy (non-hydrogen) atoms. The van der Waals surface area contributed by atoms with Gasteiger partial charge in [0, 0.05) is 38.0 Å². The highest BCUT2D eigenvalue weighted by Crippen LogP contribution is 2.20. The fraction of sp³-hybridized carbons (Fsp3) is 0.611. The number of amides is 2. The molecule has 1 aromatic rings. The van der Waals surface area contributed by atoms with Gasteiger partial charge in [-0.05, 0) is 58.0 Å². The second-order valence-corrected chi connectivity index (χ2v) is 6.52. The Kier molecular flexibility index (Phi) is 6.42. The van der Waals surface area contributed by atoms with E-state index in [9.17, 15) is 4.79 Å². The first-order chi connectivity index (χ1) is 11.0. The minimum Gasteiger partial charge on any atom is -0.381 e. The van der Waals surface area contributed by atoms with E-state index in [1.807, 2.05) is 38.1 Å². The molecule has 5 nitrogen and oxygen atoms in total. The van der Waals surface area contributed by atoms with Crippen molar-refractivity contribution >= 4 is 11.7 Å². The number of benzene rings is 1. The molecule has 1 saturated heterocycles. The third-order valence-electron chi connectivity index (χ3n) is 4.53. The average Bonchev–Trinajstić information content (AvgIpc) is 2.53. The number of carbonyl (C=O) groups excluding carboxylic acids is 1. The van der Waals surface area contributed by atoms with E-state index in [2.05, 4.69) is 23.2 Å². The molecule has 2 rings (SSSR count). The van der Waals surface area contributed by atoms with E-state index in [0.29, 0.717) is 0 Å². The van der Waals surface area contributed by atoms with Gasteiger partial charge in [-0.1, -0.05) is 12.1 Å². The number of likely N-dealkylation sites (N-methyl/N-ethyl adjacent to an activating group) is 1. The third-order valence-corrected chi connectivity index (χ3v) is 4.53. The van der Waals surface area contributed by atoms with Gasteiger partial charge in [0.1, 0.15) is 0 Å². The lowest BCUT2D eigenvalue weighted by Gasteiger charge is -2.35. The van der Waals surface area contributed by atoms with Crippen LogP contribution in [0.3, 0.4) is 0 Å². The summed E-state index contributed by atoms with van der Waals surface area (Å²) >= 11 is 0. The first-order valence-electron chi connectivity index (χ1n) is 8.35. The van der Waals surface area contributed by atoms with E-state index in [1.165, 1.54) is 5.56 Å². The normalized spacial score (nSPS) is 15.7. The highest BCUT2D eigenvalue weighted by Gasteiger charge is 2.26. The fourth-order valence-electron chi connectivity index (χ4n) is 2.83. The zero-order chi connectivity index (χ0) is 16.8. The molecule has 1 heterocycles. The van der Waals surface area contributed by atoms with Gasteiger partial charge in [-0.3, -0.25) is 0 Å². The molecule has 0 bridgehead atoms. The predicted octanol–water partition coefficient (Wildman–Crippen LogP) is 2.88. The number of rotatable bonds is 5.